The number of halogens is 3. The Morgan fingerprint density at radius 1 is 1.06 bits per heavy atom. The van der Waals surface area contributed by atoms with E-state index in [4.69, 9.17) is 5.73 Å². The average Bonchev–Trinajstić information content (AvgIpc) is 3.26. The Kier molecular flexibility index (Phi) is 6.60. The lowest BCUT2D eigenvalue weighted by Gasteiger charge is -2.42. The number of fused-ring (bicyclic) bond motifs is 3. The highest BCUT2D eigenvalue weighted by Gasteiger charge is 2.38. The molecule has 0 saturated carbocycles. The van der Waals surface area contributed by atoms with Gasteiger partial charge in [0.2, 0.25) is 5.91 Å². The first-order valence-corrected chi connectivity index (χ1v) is 12.0. The van der Waals surface area contributed by atoms with Gasteiger partial charge in [0.05, 0.1) is 0 Å². The lowest BCUT2D eigenvalue weighted by atomic mass is 9.84. The van der Waals surface area contributed by atoms with Crippen molar-refractivity contribution in [3.05, 3.63) is 82.7 Å². The number of amides is 1. The van der Waals surface area contributed by atoms with Crippen LogP contribution in [0.1, 0.15) is 48.1 Å². The molecule has 1 aromatic heterocycles. The number of benzene rings is 2. The highest BCUT2D eigenvalue weighted by atomic mass is 19.2. The van der Waals surface area contributed by atoms with Crippen LogP contribution in [-0.4, -0.2) is 44.7 Å². The fourth-order valence-electron chi connectivity index (χ4n) is 5.43. The van der Waals surface area contributed by atoms with Gasteiger partial charge in [0.15, 0.2) is 11.6 Å². The first kappa shape index (κ1) is 23.5. The van der Waals surface area contributed by atoms with Crippen molar-refractivity contribution in [3.8, 4) is 0 Å². The highest BCUT2D eigenvalue weighted by molar-refractivity contribution is 5.77. The Morgan fingerprint density at radius 2 is 1.83 bits per heavy atom. The summed E-state index contributed by atoms with van der Waals surface area (Å²) in [5.74, 6) is -1.06. The van der Waals surface area contributed by atoms with Crippen LogP contribution < -0.4 is 5.73 Å². The first-order valence-electron chi connectivity index (χ1n) is 12.0. The van der Waals surface area contributed by atoms with Crippen molar-refractivity contribution in [1.82, 2.24) is 19.7 Å². The number of likely N-dealkylation sites (tertiary alicyclic amines) is 1. The van der Waals surface area contributed by atoms with Crippen molar-refractivity contribution in [3.63, 3.8) is 0 Å². The lowest BCUT2D eigenvalue weighted by Crippen LogP contribution is -2.47. The van der Waals surface area contributed by atoms with Crippen molar-refractivity contribution in [2.45, 2.75) is 50.6 Å². The molecule has 0 aliphatic carbocycles. The summed E-state index contributed by atoms with van der Waals surface area (Å²) in [7, 11) is 0. The van der Waals surface area contributed by atoms with Crippen LogP contribution in [0.15, 0.2) is 42.5 Å². The molecule has 2 N–H and O–H groups in total. The molecule has 1 saturated heterocycles. The van der Waals surface area contributed by atoms with E-state index in [2.05, 4.69) is 26.9 Å². The second-order valence-corrected chi connectivity index (χ2v) is 9.59. The van der Waals surface area contributed by atoms with Crippen LogP contribution in [0.3, 0.4) is 0 Å². The maximum atomic E-state index is 14.0. The smallest absolute Gasteiger partial charge is 0.224 e. The molecular weight excluding hydrogens is 455 g/mol. The molecule has 0 spiro atoms. The van der Waals surface area contributed by atoms with E-state index in [0.717, 1.165) is 43.4 Å². The second kappa shape index (κ2) is 9.81. The lowest BCUT2D eigenvalue weighted by molar-refractivity contribution is -0.134. The Hall–Kier alpha value is -3.20. The molecular formula is C26H28F3N5O. The van der Waals surface area contributed by atoms with Crippen molar-refractivity contribution >= 4 is 5.91 Å². The van der Waals surface area contributed by atoms with Gasteiger partial charge in [-0.2, -0.15) is 0 Å². The van der Waals surface area contributed by atoms with E-state index in [9.17, 15) is 18.0 Å². The SMILES string of the molecule is N[C@@H](CC(=O)N1CC[C@@H]2[C@@H](CCc3nnc(Cc4ccccc4)n32)C1)Cc1cc(F)c(F)cc1F. The summed E-state index contributed by atoms with van der Waals surface area (Å²) in [6.07, 6.45) is 3.25. The molecule has 3 aromatic rings. The number of nitrogens with two attached hydrogens (primary N) is 1. The van der Waals surface area contributed by atoms with Crippen molar-refractivity contribution in [2.75, 3.05) is 13.1 Å². The van der Waals surface area contributed by atoms with E-state index in [1.165, 1.54) is 5.56 Å². The van der Waals surface area contributed by atoms with Gasteiger partial charge in [-0.25, -0.2) is 13.2 Å². The molecule has 6 nitrogen and oxygen atoms in total. The largest absolute Gasteiger partial charge is 0.342 e. The molecule has 0 bridgehead atoms. The summed E-state index contributed by atoms with van der Waals surface area (Å²) in [6.45, 7) is 1.22. The quantitative estimate of drug-likeness (QED) is 0.544. The predicted molar refractivity (Wildman–Crippen MR) is 124 cm³/mol. The minimum atomic E-state index is -1.24. The van der Waals surface area contributed by atoms with Gasteiger partial charge in [-0.3, -0.25) is 4.79 Å². The number of rotatable bonds is 6. The van der Waals surface area contributed by atoms with E-state index in [0.29, 0.717) is 25.1 Å². The van der Waals surface area contributed by atoms with Crippen molar-refractivity contribution in [2.24, 2.45) is 11.7 Å². The molecule has 35 heavy (non-hydrogen) atoms. The molecule has 0 radical (unpaired) electrons. The van der Waals surface area contributed by atoms with E-state index < -0.39 is 23.5 Å². The van der Waals surface area contributed by atoms with Crippen molar-refractivity contribution in [1.29, 1.82) is 0 Å². The zero-order chi connectivity index (χ0) is 24.5. The molecule has 3 heterocycles. The highest BCUT2D eigenvalue weighted by Crippen LogP contribution is 2.37. The number of hydrogen-bond acceptors (Lipinski definition) is 4. The number of aryl methyl sites for hydroxylation is 1. The molecule has 184 valence electrons. The van der Waals surface area contributed by atoms with Gasteiger partial charge in [-0.15, -0.1) is 10.2 Å². The zero-order valence-corrected chi connectivity index (χ0v) is 19.3. The first-order chi connectivity index (χ1) is 16.9. The number of piperidine rings is 1. The monoisotopic (exact) mass is 483 g/mol. The Balaban J connectivity index is 1.22. The van der Waals surface area contributed by atoms with E-state index >= 15 is 0 Å². The number of hydrogen-bond donors (Lipinski definition) is 1. The van der Waals surface area contributed by atoms with Crippen LogP contribution in [0, 0.1) is 23.4 Å². The Bertz CT molecular complexity index is 1220. The van der Waals surface area contributed by atoms with E-state index in [1.807, 2.05) is 23.1 Å². The molecule has 5 rings (SSSR count). The molecule has 1 fully saturated rings. The van der Waals surface area contributed by atoms with Crippen LogP contribution >= 0.6 is 0 Å². The second-order valence-electron chi connectivity index (χ2n) is 9.59. The molecule has 2 aromatic carbocycles. The molecule has 3 atom stereocenters. The van der Waals surface area contributed by atoms with Crippen LogP contribution in [0.4, 0.5) is 13.2 Å². The van der Waals surface area contributed by atoms with Gasteiger partial charge >= 0.3 is 0 Å². The van der Waals surface area contributed by atoms with Gasteiger partial charge in [0.1, 0.15) is 17.5 Å². The number of carbonyl (C=O) groups is 1. The third-order valence-electron chi connectivity index (χ3n) is 7.17. The molecule has 0 unspecified atom stereocenters. The summed E-state index contributed by atoms with van der Waals surface area (Å²) in [4.78, 5) is 14.8. The summed E-state index contributed by atoms with van der Waals surface area (Å²) < 4.78 is 42.9. The topological polar surface area (TPSA) is 77.0 Å². The number of carbonyl (C=O) groups excluding carboxylic acids is 1. The maximum Gasteiger partial charge on any atom is 0.224 e. The zero-order valence-electron chi connectivity index (χ0n) is 19.3. The van der Waals surface area contributed by atoms with E-state index in [1.54, 1.807) is 0 Å². The van der Waals surface area contributed by atoms with Crippen molar-refractivity contribution < 1.29 is 18.0 Å². The van der Waals surface area contributed by atoms with Crippen LogP contribution in [-0.2, 0) is 24.1 Å². The fourth-order valence-corrected chi connectivity index (χ4v) is 5.43. The maximum absolute atomic E-state index is 14.0. The number of aromatic nitrogens is 3. The Labute approximate surface area is 201 Å². The minimum Gasteiger partial charge on any atom is -0.342 e. The third kappa shape index (κ3) is 4.96. The number of nitrogens with zero attached hydrogens (tertiary/aromatic N) is 4. The van der Waals surface area contributed by atoms with Crippen LogP contribution in [0.5, 0.6) is 0 Å². The Morgan fingerprint density at radius 3 is 2.63 bits per heavy atom. The summed E-state index contributed by atoms with van der Waals surface area (Å²) >= 11 is 0. The standard InChI is InChI=1S/C26H28F3N5O/c27-20-14-22(29)21(28)12-18(20)11-19(30)13-26(35)33-9-8-23-17(15-33)6-7-24-31-32-25(34(23)24)10-16-4-2-1-3-5-16/h1-5,12,14,17,19,23H,6-11,13,15,30H2/t17-,19+,23+/m0/s1. The van der Waals surface area contributed by atoms with Crippen LogP contribution in [0.2, 0.25) is 0 Å². The van der Waals surface area contributed by atoms with Gasteiger partial charge < -0.3 is 15.2 Å². The third-order valence-corrected chi connectivity index (χ3v) is 7.17. The molecule has 1 amide bonds. The minimum absolute atomic E-state index is 0.0208. The summed E-state index contributed by atoms with van der Waals surface area (Å²) in [6, 6.07) is 11.1. The summed E-state index contributed by atoms with van der Waals surface area (Å²) in [5, 5.41) is 8.90. The molecule has 2 aliphatic rings. The van der Waals surface area contributed by atoms with Gasteiger partial charge in [-0.1, -0.05) is 30.3 Å². The fraction of sp³-hybridized carbons (Fsp3) is 0.423. The van der Waals surface area contributed by atoms with Crippen LogP contribution in [0.25, 0.3) is 0 Å². The van der Waals surface area contributed by atoms with E-state index in [-0.39, 0.29) is 30.4 Å². The molecule has 9 heteroatoms. The van der Waals surface area contributed by atoms with Gasteiger partial charge in [-0.05, 0) is 42.4 Å². The normalized spacial score (nSPS) is 20.3. The average molecular weight is 484 g/mol. The van der Waals surface area contributed by atoms with Gasteiger partial charge in [0.25, 0.3) is 0 Å². The summed E-state index contributed by atoms with van der Waals surface area (Å²) in [5.41, 5.74) is 7.25. The van der Waals surface area contributed by atoms with Gasteiger partial charge in [0, 0.05) is 50.5 Å². The molecule has 2 aliphatic heterocycles. The predicted octanol–water partition coefficient (Wildman–Crippen LogP) is 3.58.